The van der Waals surface area contributed by atoms with Crippen LogP contribution in [0.2, 0.25) is 0 Å². The molecule has 2 rings (SSSR count). The SMILES string of the molecule is NCCCCCCN(CCCCCCN)CC(=O)NCCCCCCNCCCCC[C@@H]1SC[C@@H]2NC(=O)N[C@@H]21. The van der Waals surface area contributed by atoms with Crippen LogP contribution >= 0.6 is 11.8 Å². The number of amides is 3. The van der Waals surface area contributed by atoms with E-state index in [9.17, 15) is 9.59 Å². The van der Waals surface area contributed by atoms with Gasteiger partial charge in [0.25, 0.3) is 0 Å². The summed E-state index contributed by atoms with van der Waals surface area (Å²) < 4.78 is 0. The fraction of sp³-hybridized carbons (Fsp3) is 0.933. The van der Waals surface area contributed by atoms with Gasteiger partial charge in [-0.15, -0.1) is 0 Å². The molecule has 3 atom stereocenters. The maximum Gasteiger partial charge on any atom is 0.315 e. The number of thioether (sulfide) groups is 1. The summed E-state index contributed by atoms with van der Waals surface area (Å²) in [7, 11) is 0. The maximum absolute atomic E-state index is 12.5. The first-order valence-corrected chi connectivity index (χ1v) is 17.5. The number of nitrogens with zero attached hydrogens (tertiary/aromatic N) is 1. The third kappa shape index (κ3) is 16.4. The number of rotatable bonds is 27. The molecule has 0 saturated carbocycles. The summed E-state index contributed by atoms with van der Waals surface area (Å²) in [5, 5.41) is 13.4. The van der Waals surface area contributed by atoms with Crippen molar-refractivity contribution in [3.05, 3.63) is 0 Å². The lowest BCUT2D eigenvalue weighted by Gasteiger charge is -2.22. The van der Waals surface area contributed by atoms with Crippen LogP contribution < -0.4 is 32.7 Å². The molecular formula is C30H61N7O2S. The topological polar surface area (TPSA) is 138 Å². The quantitative estimate of drug-likeness (QED) is 0.0645. The van der Waals surface area contributed by atoms with Crippen molar-refractivity contribution in [3.8, 4) is 0 Å². The van der Waals surface area contributed by atoms with E-state index in [0.29, 0.717) is 23.9 Å². The molecule has 40 heavy (non-hydrogen) atoms. The predicted octanol–water partition coefficient (Wildman–Crippen LogP) is 3.32. The van der Waals surface area contributed by atoms with Gasteiger partial charge < -0.3 is 32.7 Å². The predicted molar refractivity (Wildman–Crippen MR) is 170 cm³/mol. The maximum atomic E-state index is 12.5. The van der Waals surface area contributed by atoms with E-state index in [1.54, 1.807) is 0 Å². The lowest BCUT2D eigenvalue weighted by atomic mass is 10.0. The minimum absolute atomic E-state index is 0.0114. The van der Waals surface area contributed by atoms with Crippen LogP contribution in [0.15, 0.2) is 0 Å². The zero-order valence-corrected chi connectivity index (χ0v) is 26.1. The molecule has 0 aromatic rings. The number of fused-ring (bicyclic) bond motifs is 1. The van der Waals surface area contributed by atoms with Gasteiger partial charge in [-0.05, 0) is 90.6 Å². The van der Waals surface area contributed by atoms with Gasteiger partial charge in [-0.2, -0.15) is 11.8 Å². The second-order valence-electron chi connectivity index (χ2n) is 11.7. The number of nitrogens with one attached hydrogen (secondary N) is 4. The summed E-state index contributed by atoms with van der Waals surface area (Å²) in [5.41, 5.74) is 11.2. The number of urea groups is 1. The number of nitrogens with two attached hydrogens (primary N) is 2. The van der Waals surface area contributed by atoms with E-state index in [2.05, 4.69) is 26.2 Å². The van der Waals surface area contributed by atoms with Crippen molar-refractivity contribution in [3.63, 3.8) is 0 Å². The van der Waals surface area contributed by atoms with E-state index >= 15 is 0 Å². The molecule has 234 valence electrons. The van der Waals surface area contributed by atoms with Crippen LogP contribution in [0.3, 0.4) is 0 Å². The normalized spacial score (nSPS) is 20.1. The number of carbonyl (C=O) groups excluding carboxylic acids is 2. The number of unbranched alkanes of at least 4 members (excludes halogenated alkanes) is 11. The van der Waals surface area contributed by atoms with Gasteiger partial charge in [0.2, 0.25) is 5.91 Å². The van der Waals surface area contributed by atoms with Crippen molar-refractivity contribution in [2.45, 2.75) is 120 Å². The van der Waals surface area contributed by atoms with Gasteiger partial charge >= 0.3 is 6.03 Å². The van der Waals surface area contributed by atoms with Crippen molar-refractivity contribution in [1.82, 2.24) is 26.2 Å². The van der Waals surface area contributed by atoms with Gasteiger partial charge in [0.15, 0.2) is 0 Å². The molecule has 9 nitrogen and oxygen atoms in total. The van der Waals surface area contributed by atoms with Crippen LogP contribution in [0.5, 0.6) is 0 Å². The molecule has 2 heterocycles. The van der Waals surface area contributed by atoms with Crippen molar-refractivity contribution in [1.29, 1.82) is 0 Å². The van der Waals surface area contributed by atoms with Crippen LogP contribution in [-0.4, -0.2) is 92.3 Å². The lowest BCUT2D eigenvalue weighted by molar-refractivity contribution is -0.122. The standard InChI is InChI=1S/C30H61N7O2S/c31-17-9-1-5-14-22-37(23-15-6-2-10-18-32)24-28(38)34-21-13-4-3-11-19-33-20-12-7-8-16-27-29-26(25-40-27)35-30(39)36-29/h26-27,29,33H,1-25,31-32H2,(H,34,38)(H2,35,36,39)/t26-,27-,29-/m0/s1. The Hall–Kier alpha value is -1.07. The highest BCUT2D eigenvalue weighted by Gasteiger charge is 2.42. The van der Waals surface area contributed by atoms with Crippen LogP contribution in [0, 0.1) is 0 Å². The van der Waals surface area contributed by atoms with Gasteiger partial charge in [0.05, 0.1) is 18.6 Å². The van der Waals surface area contributed by atoms with Crippen molar-refractivity contribution >= 4 is 23.7 Å². The van der Waals surface area contributed by atoms with Crippen LogP contribution in [0.1, 0.15) is 103 Å². The summed E-state index contributed by atoms with van der Waals surface area (Å²) in [6, 6.07) is 0.684. The number of hydrogen-bond acceptors (Lipinski definition) is 7. The molecule has 2 aliphatic heterocycles. The summed E-state index contributed by atoms with van der Waals surface area (Å²) in [6.45, 7) is 7.02. The molecule has 3 amide bonds. The van der Waals surface area contributed by atoms with E-state index in [4.69, 9.17) is 11.5 Å². The zero-order chi connectivity index (χ0) is 28.7. The van der Waals surface area contributed by atoms with E-state index in [0.717, 1.165) is 83.7 Å². The molecule has 0 aliphatic carbocycles. The summed E-state index contributed by atoms with van der Waals surface area (Å²) >= 11 is 2.01. The molecule has 0 bridgehead atoms. The number of hydrogen-bond donors (Lipinski definition) is 6. The Labute approximate surface area is 248 Å². The Balaban J connectivity index is 1.39. The average Bonchev–Trinajstić information content (AvgIpc) is 3.50. The highest BCUT2D eigenvalue weighted by atomic mass is 32.2. The Morgan fingerprint density at radius 3 is 2.00 bits per heavy atom. The third-order valence-electron chi connectivity index (χ3n) is 8.11. The fourth-order valence-electron chi connectivity index (χ4n) is 5.69. The van der Waals surface area contributed by atoms with Crippen molar-refractivity contribution < 1.29 is 9.59 Å². The molecular weight excluding hydrogens is 522 g/mol. The summed E-state index contributed by atoms with van der Waals surface area (Å²) in [6.07, 6.45) is 18.8. The Bertz CT molecular complexity index is 644. The van der Waals surface area contributed by atoms with E-state index in [1.807, 2.05) is 11.8 Å². The molecule has 0 spiro atoms. The smallest absolute Gasteiger partial charge is 0.315 e. The van der Waals surface area contributed by atoms with Crippen LogP contribution in [-0.2, 0) is 4.79 Å². The summed E-state index contributed by atoms with van der Waals surface area (Å²) in [5.74, 6) is 1.22. The fourth-order valence-corrected chi connectivity index (χ4v) is 7.24. The van der Waals surface area contributed by atoms with Gasteiger partial charge in [-0.1, -0.05) is 51.4 Å². The monoisotopic (exact) mass is 583 g/mol. The van der Waals surface area contributed by atoms with Crippen LogP contribution in [0.25, 0.3) is 0 Å². The molecule has 2 aliphatic rings. The average molecular weight is 584 g/mol. The highest BCUT2D eigenvalue weighted by molar-refractivity contribution is 8.00. The Morgan fingerprint density at radius 1 is 0.775 bits per heavy atom. The molecule has 10 heteroatoms. The lowest BCUT2D eigenvalue weighted by Crippen LogP contribution is -2.38. The zero-order valence-electron chi connectivity index (χ0n) is 25.2. The third-order valence-corrected chi connectivity index (χ3v) is 9.62. The molecule has 0 radical (unpaired) electrons. The second kappa shape index (κ2) is 23.5. The van der Waals surface area contributed by atoms with E-state index < -0.39 is 0 Å². The van der Waals surface area contributed by atoms with Gasteiger partial charge in [-0.3, -0.25) is 9.69 Å². The first-order chi connectivity index (χ1) is 19.6. The molecule has 0 aromatic carbocycles. The van der Waals surface area contributed by atoms with Crippen molar-refractivity contribution in [2.75, 3.05) is 58.1 Å². The minimum Gasteiger partial charge on any atom is -0.355 e. The molecule has 0 unspecified atom stereocenters. The minimum atomic E-state index is 0.0114. The molecule has 2 saturated heterocycles. The molecule has 8 N–H and O–H groups in total. The first kappa shape index (κ1) is 35.1. The summed E-state index contributed by atoms with van der Waals surface area (Å²) in [4.78, 5) is 26.3. The molecule has 2 fully saturated rings. The second-order valence-corrected chi connectivity index (χ2v) is 12.9. The number of carbonyl (C=O) groups is 2. The largest absolute Gasteiger partial charge is 0.355 e. The first-order valence-electron chi connectivity index (χ1n) is 16.4. The molecule has 0 aromatic heterocycles. The van der Waals surface area contributed by atoms with Crippen molar-refractivity contribution in [2.24, 2.45) is 11.5 Å². The Kier molecular flexibility index (Phi) is 20.6. The highest BCUT2D eigenvalue weighted by Crippen LogP contribution is 2.33. The van der Waals surface area contributed by atoms with E-state index in [1.165, 1.54) is 70.6 Å². The van der Waals surface area contributed by atoms with E-state index in [-0.39, 0.29) is 11.9 Å². The Morgan fingerprint density at radius 2 is 1.35 bits per heavy atom. The van der Waals surface area contributed by atoms with Gasteiger partial charge in [-0.25, -0.2) is 4.79 Å². The van der Waals surface area contributed by atoms with Crippen LogP contribution in [0.4, 0.5) is 4.79 Å². The van der Waals surface area contributed by atoms with Gasteiger partial charge in [0.1, 0.15) is 0 Å². The van der Waals surface area contributed by atoms with Gasteiger partial charge in [0, 0.05) is 17.5 Å².